The molecule has 0 atom stereocenters. The Kier molecular flexibility index (Phi) is 3.91. The molecule has 88 valence electrons. The fraction of sp³-hybridized carbons (Fsp3) is 0.615. The highest BCUT2D eigenvalue weighted by atomic mass is 14.9. The van der Waals surface area contributed by atoms with Crippen molar-refractivity contribution in [2.75, 3.05) is 19.6 Å². The van der Waals surface area contributed by atoms with Crippen LogP contribution in [0, 0.1) is 5.41 Å². The third-order valence-corrected chi connectivity index (χ3v) is 3.69. The number of nitrogens with two attached hydrogens (primary N) is 1. The lowest BCUT2D eigenvalue weighted by atomic mass is 9.69. The second-order valence-corrected chi connectivity index (χ2v) is 4.84. The van der Waals surface area contributed by atoms with Crippen LogP contribution in [-0.2, 0) is 6.42 Å². The molecule has 0 unspecified atom stereocenters. The fourth-order valence-electron chi connectivity index (χ4n) is 2.27. The van der Waals surface area contributed by atoms with Crippen LogP contribution in [-0.4, -0.2) is 24.6 Å². The molecular weight excluding hydrogens is 198 g/mol. The van der Waals surface area contributed by atoms with Gasteiger partial charge in [0.2, 0.25) is 0 Å². The Hall–Kier alpha value is -0.930. The lowest BCUT2D eigenvalue weighted by molar-refractivity contribution is 0.141. The molecule has 0 saturated heterocycles. The lowest BCUT2D eigenvalue weighted by Gasteiger charge is -2.41. The maximum atomic E-state index is 5.81. The highest BCUT2D eigenvalue weighted by Crippen LogP contribution is 2.38. The minimum absolute atomic E-state index is 0.415. The molecule has 1 saturated carbocycles. The maximum absolute atomic E-state index is 5.81. The lowest BCUT2D eigenvalue weighted by Crippen LogP contribution is -2.45. The van der Waals surface area contributed by atoms with Crippen LogP contribution >= 0.6 is 0 Å². The van der Waals surface area contributed by atoms with E-state index in [1.807, 2.05) is 12.4 Å². The second-order valence-electron chi connectivity index (χ2n) is 4.84. The fourth-order valence-corrected chi connectivity index (χ4v) is 2.27. The van der Waals surface area contributed by atoms with Gasteiger partial charge in [-0.3, -0.25) is 4.98 Å². The van der Waals surface area contributed by atoms with Gasteiger partial charge in [-0.25, -0.2) is 0 Å². The smallest absolute Gasteiger partial charge is 0.0270 e. The number of hydrogen-bond acceptors (Lipinski definition) is 3. The molecule has 0 bridgehead atoms. The van der Waals surface area contributed by atoms with E-state index < -0.39 is 0 Å². The molecule has 0 amide bonds. The van der Waals surface area contributed by atoms with Gasteiger partial charge in [0.05, 0.1) is 0 Å². The van der Waals surface area contributed by atoms with Crippen molar-refractivity contribution in [2.24, 2.45) is 11.1 Å². The van der Waals surface area contributed by atoms with Crippen LogP contribution in [0.5, 0.6) is 0 Å². The molecule has 0 spiro atoms. The van der Waals surface area contributed by atoms with Gasteiger partial charge < -0.3 is 11.1 Å². The van der Waals surface area contributed by atoms with Crippen molar-refractivity contribution < 1.29 is 0 Å². The number of hydrogen-bond donors (Lipinski definition) is 2. The molecule has 1 aliphatic rings. The first-order chi connectivity index (χ1) is 7.85. The summed E-state index contributed by atoms with van der Waals surface area (Å²) in [5, 5.41) is 3.53. The summed E-state index contributed by atoms with van der Waals surface area (Å²) >= 11 is 0. The number of pyridine rings is 1. The third-order valence-electron chi connectivity index (χ3n) is 3.69. The van der Waals surface area contributed by atoms with Gasteiger partial charge in [0.25, 0.3) is 0 Å². The van der Waals surface area contributed by atoms with Crippen LogP contribution in [0.2, 0.25) is 0 Å². The number of aromatic nitrogens is 1. The van der Waals surface area contributed by atoms with E-state index in [1.54, 1.807) is 0 Å². The number of nitrogens with one attached hydrogen (secondary N) is 1. The van der Waals surface area contributed by atoms with Crippen LogP contribution in [0.1, 0.15) is 24.8 Å². The van der Waals surface area contributed by atoms with E-state index in [0.29, 0.717) is 5.41 Å². The summed E-state index contributed by atoms with van der Waals surface area (Å²) in [5.41, 5.74) is 7.57. The first-order valence-corrected chi connectivity index (χ1v) is 6.14. The Balaban J connectivity index is 1.65. The van der Waals surface area contributed by atoms with Gasteiger partial charge >= 0.3 is 0 Å². The SMILES string of the molecule is NCC1(CNCCc2ccncc2)CCC1. The molecule has 1 aromatic heterocycles. The van der Waals surface area contributed by atoms with Gasteiger partial charge in [-0.2, -0.15) is 0 Å². The first kappa shape index (κ1) is 11.6. The summed E-state index contributed by atoms with van der Waals surface area (Å²) in [4.78, 5) is 4.01. The van der Waals surface area contributed by atoms with Gasteiger partial charge in [-0.1, -0.05) is 6.42 Å². The maximum Gasteiger partial charge on any atom is 0.0270 e. The van der Waals surface area contributed by atoms with Crippen molar-refractivity contribution in [1.82, 2.24) is 10.3 Å². The molecule has 1 aromatic rings. The average Bonchev–Trinajstić information content (AvgIpc) is 2.29. The molecule has 0 aromatic carbocycles. The first-order valence-electron chi connectivity index (χ1n) is 6.14. The highest BCUT2D eigenvalue weighted by molar-refractivity contribution is 5.09. The summed E-state index contributed by atoms with van der Waals surface area (Å²) in [7, 11) is 0. The van der Waals surface area contributed by atoms with Crippen molar-refractivity contribution in [1.29, 1.82) is 0 Å². The van der Waals surface area contributed by atoms with E-state index in [4.69, 9.17) is 5.73 Å². The van der Waals surface area contributed by atoms with E-state index in [2.05, 4.69) is 22.4 Å². The highest BCUT2D eigenvalue weighted by Gasteiger charge is 2.34. The molecule has 1 fully saturated rings. The Labute approximate surface area is 97.5 Å². The third kappa shape index (κ3) is 2.80. The molecule has 3 heteroatoms. The van der Waals surface area contributed by atoms with Gasteiger partial charge in [0.15, 0.2) is 0 Å². The zero-order valence-electron chi connectivity index (χ0n) is 9.78. The van der Waals surface area contributed by atoms with Crippen molar-refractivity contribution in [3.8, 4) is 0 Å². The van der Waals surface area contributed by atoms with E-state index in [1.165, 1.54) is 24.8 Å². The Morgan fingerprint density at radius 2 is 2.06 bits per heavy atom. The average molecular weight is 219 g/mol. The van der Waals surface area contributed by atoms with Crippen LogP contribution in [0.3, 0.4) is 0 Å². The summed E-state index contributed by atoms with van der Waals surface area (Å²) in [5.74, 6) is 0. The van der Waals surface area contributed by atoms with Gasteiger partial charge in [-0.15, -0.1) is 0 Å². The molecule has 0 aliphatic heterocycles. The van der Waals surface area contributed by atoms with Crippen molar-refractivity contribution >= 4 is 0 Å². The zero-order valence-corrected chi connectivity index (χ0v) is 9.78. The predicted octanol–water partition coefficient (Wildman–Crippen LogP) is 1.34. The van der Waals surface area contributed by atoms with Crippen LogP contribution in [0.25, 0.3) is 0 Å². The van der Waals surface area contributed by atoms with E-state index >= 15 is 0 Å². The monoisotopic (exact) mass is 219 g/mol. The summed E-state index contributed by atoms with van der Waals surface area (Å²) in [6.45, 7) is 2.94. The molecule has 0 radical (unpaired) electrons. The Morgan fingerprint density at radius 3 is 2.62 bits per heavy atom. The van der Waals surface area contributed by atoms with E-state index in [0.717, 1.165) is 26.1 Å². The number of rotatable bonds is 6. The zero-order chi connectivity index (χ0) is 11.3. The standard InChI is InChI=1S/C13H21N3/c14-10-13(5-1-6-13)11-16-9-4-12-2-7-15-8-3-12/h2-3,7-8,16H,1,4-6,9-11,14H2. The Bertz CT molecular complexity index is 301. The molecule has 3 nitrogen and oxygen atoms in total. The largest absolute Gasteiger partial charge is 0.330 e. The van der Waals surface area contributed by atoms with Crippen molar-refractivity contribution in [2.45, 2.75) is 25.7 Å². The second kappa shape index (κ2) is 5.41. The molecule has 16 heavy (non-hydrogen) atoms. The normalized spacial score (nSPS) is 18.1. The molecule has 1 heterocycles. The van der Waals surface area contributed by atoms with Crippen molar-refractivity contribution in [3.05, 3.63) is 30.1 Å². The summed E-state index contributed by atoms with van der Waals surface area (Å²) in [6.07, 6.45) is 8.72. The molecule has 2 rings (SSSR count). The van der Waals surface area contributed by atoms with Crippen LogP contribution in [0.4, 0.5) is 0 Å². The topological polar surface area (TPSA) is 50.9 Å². The minimum atomic E-state index is 0.415. The van der Waals surface area contributed by atoms with Crippen LogP contribution in [0.15, 0.2) is 24.5 Å². The van der Waals surface area contributed by atoms with E-state index in [9.17, 15) is 0 Å². The quantitative estimate of drug-likeness (QED) is 0.710. The van der Waals surface area contributed by atoms with Crippen molar-refractivity contribution in [3.63, 3.8) is 0 Å². The van der Waals surface area contributed by atoms with Gasteiger partial charge in [0.1, 0.15) is 0 Å². The predicted molar refractivity (Wildman–Crippen MR) is 66.1 cm³/mol. The van der Waals surface area contributed by atoms with Gasteiger partial charge in [0, 0.05) is 18.9 Å². The molecule has 3 N–H and O–H groups in total. The number of nitrogens with zero attached hydrogens (tertiary/aromatic N) is 1. The molecular formula is C13H21N3. The minimum Gasteiger partial charge on any atom is -0.330 e. The van der Waals surface area contributed by atoms with E-state index in [-0.39, 0.29) is 0 Å². The Morgan fingerprint density at radius 1 is 1.31 bits per heavy atom. The summed E-state index contributed by atoms with van der Waals surface area (Å²) < 4.78 is 0. The molecule has 1 aliphatic carbocycles. The van der Waals surface area contributed by atoms with Crippen LogP contribution < -0.4 is 11.1 Å². The van der Waals surface area contributed by atoms with Gasteiger partial charge in [-0.05, 0) is 55.5 Å². The summed E-state index contributed by atoms with van der Waals surface area (Å²) in [6, 6.07) is 4.15.